The highest BCUT2D eigenvalue weighted by atomic mass is 16.5. The van der Waals surface area contributed by atoms with Gasteiger partial charge in [-0.05, 0) is 30.4 Å². The summed E-state index contributed by atoms with van der Waals surface area (Å²) in [5.41, 5.74) is 1.66. The van der Waals surface area contributed by atoms with E-state index in [9.17, 15) is 9.90 Å². The van der Waals surface area contributed by atoms with Crippen molar-refractivity contribution in [2.45, 2.75) is 51.7 Å². The van der Waals surface area contributed by atoms with Crippen LogP contribution in [0.4, 0.5) is 4.79 Å². The zero-order valence-electron chi connectivity index (χ0n) is 15.1. The summed E-state index contributed by atoms with van der Waals surface area (Å²) >= 11 is 0. The van der Waals surface area contributed by atoms with E-state index in [0.29, 0.717) is 6.54 Å². The molecule has 3 N–H and O–H groups in total. The molecule has 0 saturated carbocycles. The predicted octanol–water partition coefficient (Wildman–Crippen LogP) is 2.74. The van der Waals surface area contributed by atoms with E-state index in [4.69, 9.17) is 4.74 Å². The van der Waals surface area contributed by atoms with Gasteiger partial charge in [-0.15, -0.1) is 0 Å². The normalized spacial score (nSPS) is 13.5. The van der Waals surface area contributed by atoms with Gasteiger partial charge in [-0.25, -0.2) is 4.79 Å². The second-order valence-electron chi connectivity index (χ2n) is 7.42. The van der Waals surface area contributed by atoms with Crippen molar-refractivity contribution < 1.29 is 14.6 Å². The molecule has 5 heteroatoms. The van der Waals surface area contributed by atoms with Crippen LogP contribution in [-0.2, 0) is 10.2 Å². The van der Waals surface area contributed by atoms with Crippen LogP contribution in [0, 0.1) is 0 Å². The first-order valence-electron chi connectivity index (χ1n) is 7.90. The summed E-state index contributed by atoms with van der Waals surface area (Å²) in [5, 5.41) is 15.6. The van der Waals surface area contributed by atoms with Gasteiger partial charge in [0.15, 0.2) is 0 Å². The summed E-state index contributed by atoms with van der Waals surface area (Å²) in [5.74, 6) is 0. The standard InChI is InChI=1S/C18H30N2O3/c1-17(2,3)14-9-7-13(8-10-14)15(21)11-19-16(22)20-12-18(4,5)23-6/h7-10,15,21H,11-12H2,1-6H3,(H2,19,20,22). The Labute approximate surface area is 139 Å². The first-order chi connectivity index (χ1) is 10.5. The van der Waals surface area contributed by atoms with Crippen molar-refractivity contribution in [3.8, 4) is 0 Å². The number of aliphatic hydroxyl groups excluding tert-OH is 1. The molecule has 0 radical (unpaired) electrons. The van der Waals surface area contributed by atoms with Gasteiger partial charge in [0.2, 0.25) is 0 Å². The van der Waals surface area contributed by atoms with E-state index in [1.54, 1.807) is 7.11 Å². The summed E-state index contributed by atoms with van der Waals surface area (Å²) in [6, 6.07) is 7.51. The maximum absolute atomic E-state index is 11.7. The number of nitrogens with one attached hydrogen (secondary N) is 2. The Balaban J connectivity index is 2.47. The Morgan fingerprint density at radius 1 is 1.13 bits per heavy atom. The van der Waals surface area contributed by atoms with E-state index in [1.807, 2.05) is 38.1 Å². The molecule has 0 saturated heterocycles. The molecule has 0 aliphatic rings. The molecule has 1 unspecified atom stereocenters. The molecule has 0 spiro atoms. The molecule has 0 aliphatic carbocycles. The van der Waals surface area contributed by atoms with Gasteiger partial charge in [-0.1, -0.05) is 45.0 Å². The second kappa shape index (κ2) is 7.79. The number of hydrogen-bond acceptors (Lipinski definition) is 3. The smallest absolute Gasteiger partial charge is 0.314 e. The molecule has 130 valence electrons. The van der Waals surface area contributed by atoms with Crippen LogP contribution in [-0.4, -0.2) is 36.9 Å². The molecular formula is C18H30N2O3. The van der Waals surface area contributed by atoms with Crippen LogP contribution in [0.25, 0.3) is 0 Å². The molecule has 0 aromatic heterocycles. The van der Waals surface area contributed by atoms with Gasteiger partial charge in [0, 0.05) is 20.2 Å². The van der Waals surface area contributed by atoms with E-state index in [1.165, 1.54) is 5.56 Å². The molecule has 0 fully saturated rings. The van der Waals surface area contributed by atoms with Crippen LogP contribution in [0.2, 0.25) is 0 Å². The third kappa shape index (κ3) is 6.59. The van der Waals surface area contributed by atoms with E-state index < -0.39 is 11.7 Å². The number of methoxy groups -OCH3 is 1. The highest BCUT2D eigenvalue weighted by Crippen LogP contribution is 2.23. The van der Waals surface area contributed by atoms with Gasteiger partial charge in [0.05, 0.1) is 11.7 Å². The third-order valence-corrected chi connectivity index (χ3v) is 3.84. The largest absolute Gasteiger partial charge is 0.387 e. The molecule has 2 amide bonds. The van der Waals surface area contributed by atoms with Crippen LogP contribution in [0.1, 0.15) is 51.8 Å². The van der Waals surface area contributed by atoms with Crippen molar-refractivity contribution in [3.63, 3.8) is 0 Å². The lowest BCUT2D eigenvalue weighted by Crippen LogP contribution is -2.45. The number of urea groups is 1. The lowest BCUT2D eigenvalue weighted by molar-refractivity contribution is 0.0253. The SMILES string of the molecule is COC(C)(C)CNC(=O)NCC(O)c1ccc(C(C)(C)C)cc1. The number of aliphatic hydroxyl groups is 1. The molecule has 23 heavy (non-hydrogen) atoms. The van der Waals surface area contributed by atoms with Crippen LogP contribution in [0.3, 0.4) is 0 Å². The molecule has 5 nitrogen and oxygen atoms in total. The van der Waals surface area contributed by atoms with Crippen molar-refractivity contribution in [1.82, 2.24) is 10.6 Å². The summed E-state index contributed by atoms with van der Waals surface area (Å²) in [7, 11) is 1.60. The zero-order valence-corrected chi connectivity index (χ0v) is 15.1. The lowest BCUT2D eigenvalue weighted by atomic mass is 9.86. The molecule has 0 aliphatic heterocycles. The quantitative estimate of drug-likeness (QED) is 0.754. The average molecular weight is 322 g/mol. The van der Waals surface area contributed by atoms with Crippen molar-refractivity contribution >= 4 is 6.03 Å². The number of rotatable bonds is 6. The topological polar surface area (TPSA) is 70.6 Å². The maximum atomic E-state index is 11.7. The summed E-state index contributed by atoms with van der Waals surface area (Å²) in [6.07, 6.45) is -0.731. The number of hydrogen-bond donors (Lipinski definition) is 3. The van der Waals surface area contributed by atoms with Crippen LogP contribution >= 0.6 is 0 Å². The number of carbonyl (C=O) groups excluding carboxylic acids is 1. The van der Waals surface area contributed by atoms with Crippen molar-refractivity contribution in [2.24, 2.45) is 0 Å². The Hall–Kier alpha value is -1.59. The van der Waals surface area contributed by atoms with Gasteiger partial charge in [0.25, 0.3) is 0 Å². The van der Waals surface area contributed by atoms with Crippen molar-refractivity contribution in [2.75, 3.05) is 20.2 Å². The van der Waals surface area contributed by atoms with E-state index in [0.717, 1.165) is 5.56 Å². The van der Waals surface area contributed by atoms with Crippen LogP contribution in [0.15, 0.2) is 24.3 Å². The molecule has 1 rings (SSSR count). The second-order valence-corrected chi connectivity index (χ2v) is 7.42. The molecule has 1 atom stereocenters. The molecule has 1 aromatic rings. The average Bonchev–Trinajstić information content (AvgIpc) is 2.50. The fourth-order valence-corrected chi connectivity index (χ4v) is 1.94. The fourth-order valence-electron chi connectivity index (χ4n) is 1.94. The molecule has 0 heterocycles. The minimum absolute atomic E-state index is 0.0791. The van der Waals surface area contributed by atoms with Gasteiger partial charge in [-0.2, -0.15) is 0 Å². The van der Waals surface area contributed by atoms with Crippen LogP contribution in [0.5, 0.6) is 0 Å². The highest BCUT2D eigenvalue weighted by Gasteiger charge is 2.18. The molecule has 1 aromatic carbocycles. The van der Waals surface area contributed by atoms with Crippen molar-refractivity contribution in [1.29, 1.82) is 0 Å². The minimum atomic E-state index is -0.731. The number of ether oxygens (including phenoxy) is 1. The molecular weight excluding hydrogens is 292 g/mol. The van der Waals surface area contributed by atoms with Gasteiger partial charge >= 0.3 is 6.03 Å². The highest BCUT2D eigenvalue weighted by molar-refractivity contribution is 5.73. The number of benzene rings is 1. The van der Waals surface area contributed by atoms with Gasteiger partial charge < -0.3 is 20.5 Å². The maximum Gasteiger partial charge on any atom is 0.314 e. The molecule has 0 bridgehead atoms. The van der Waals surface area contributed by atoms with Crippen LogP contribution < -0.4 is 10.6 Å². The first kappa shape index (κ1) is 19.5. The van der Waals surface area contributed by atoms with Gasteiger partial charge in [0.1, 0.15) is 0 Å². The Morgan fingerprint density at radius 2 is 1.70 bits per heavy atom. The minimum Gasteiger partial charge on any atom is -0.387 e. The van der Waals surface area contributed by atoms with E-state index >= 15 is 0 Å². The summed E-state index contributed by atoms with van der Waals surface area (Å²) in [6.45, 7) is 10.8. The van der Waals surface area contributed by atoms with Gasteiger partial charge in [-0.3, -0.25) is 0 Å². The Kier molecular flexibility index (Phi) is 6.59. The third-order valence-electron chi connectivity index (χ3n) is 3.84. The van der Waals surface area contributed by atoms with Crippen molar-refractivity contribution in [3.05, 3.63) is 35.4 Å². The van der Waals surface area contributed by atoms with E-state index in [-0.39, 0.29) is 18.0 Å². The predicted molar refractivity (Wildman–Crippen MR) is 92.6 cm³/mol. The summed E-state index contributed by atoms with van der Waals surface area (Å²) in [4.78, 5) is 11.7. The Morgan fingerprint density at radius 3 is 2.17 bits per heavy atom. The monoisotopic (exact) mass is 322 g/mol. The fraction of sp³-hybridized carbons (Fsp3) is 0.611. The van der Waals surface area contributed by atoms with E-state index in [2.05, 4.69) is 31.4 Å². The summed E-state index contributed by atoms with van der Waals surface area (Å²) < 4.78 is 5.23. The zero-order chi connectivity index (χ0) is 17.7. The first-order valence-corrected chi connectivity index (χ1v) is 7.90. The number of amides is 2. The lowest BCUT2D eigenvalue weighted by Gasteiger charge is -2.23. The Bertz CT molecular complexity index is 504. The number of carbonyl (C=O) groups is 1.